The van der Waals surface area contributed by atoms with E-state index in [2.05, 4.69) is 31.9 Å². The lowest BCUT2D eigenvalue weighted by atomic mass is 10.0. The standard InChI is InChI=1S/C15H10Br2O2S/c1-2-10-13(8-5-3-4-6-11(8)19-10)14(18)12-7-9(16)15(17)20-12/h3-7H,2H2,1H3. The van der Waals surface area contributed by atoms with Crippen LogP contribution in [0.2, 0.25) is 0 Å². The summed E-state index contributed by atoms with van der Waals surface area (Å²) in [5.74, 6) is 0.764. The average Bonchev–Trinajstić information content (AvgIpc) is 2.99. The Labute approximate surface area is 137 Å². The first-order chi connectivity index (χ1) is 9.61. The van der Waals surface area contributed by atoms with Crippen molar-refractivity contribution in [3.05, 3.63) is 54.8 Å². The lowest BCUT2D eigenvalue weighted by Crippen LogP contribution is -2.00. The van der Waals surface area contributed by atoms with Crippen LogP contribution in [0.4, 0.5) is 0 Å². The van der Waals surface area contributed by atoms with Crippen LogP contribution in [0.25, 0.3) is 11.0 Å². The van der Waals surface area contributed by atoms with E-state index in [4.69, 9.17) is 4.42 Å². The van der Waals surface area contributed by atoms with Gasteiger partial charge in [0.2, 0.25) is 5.78 Å². The Bertz CT molecular complexity index is 782. The molecule has 5 heteroatoms. The third kappa shape index (κ3) is 2.28. The minimum absolute atomic E-state index is 0.0169. The Morgan fingerprint density at radius 2 is 2.05 bits per heavy atom. The smallest absolute Gasteiger partial charge is 0.207 e. The van der Waals surface area contributed by atoms with Gasteiger partial charge in [0, 0.05) is 16.3 Å². The molecule has 0 amide bonds. The molecule has 3 rings (SSSR count). The molecule has 2 aromatic heterocycles. The minimum Gasteiger partial charge on any atom is -0.460 e. The van der Waals surface area contributed by atoms with Crippen LogP contribution in [0.5, 0.6) is 0 Å². The van der Waals surface area contributed by atoms with Gasteiger partial charge in [-0.2, -0.15) is 0 Å². The zero-order valence-electron chi connectivity index (χ0n) is 10.6. The van der Waals surface area contributed by atoms with E-state index in [1.54, 1.807) is 0 Å². The number of benzene rings is 1. The number of para-hydroxylation sites is 1. The van der Waals surface area contributed by atoms with Gasteiger partial charge < -0.3 is 4.42 Å². The maximum atomic E-state index is 12.8. The highest BCUT2D eigenvalue weighted by molar-refractivity contribution is 9.13. The van der Waals surface area contributed by atoms with Crippen LogP contribution in [0.3, 0.4) is 0 Å². The Balaban J connectivity index is 2.20. The Kier molecular flexibility index (Phi) is 3.84. The molecule has 20 heavy (non-hydrogen) atoms. The molecule has 2 heterocycles. The number of halogens is 2. The van der Waals surface area contributed by atoms with Gasteiger partial charge in [-0.05, 0) is 44.0 Å². The number of ketones is 1. The van der Waals surface area contributed by atoms with Crippen molar-refractivity contribution in [2.24, 2.45) is 0 Å². The fraction of sp³-hybridized carbons (Fsp3) is 0.133. The molecule has 0 atom stereocenters. The van der Waals surface area contributed by atoms with Gasteiger partial charge >= 0.3 is 0 Å². The fourth-order valence-electron chi connectivity index (χ4n) is 2.18. The first-order valence-corrected chi connectivity index (χ1v) is 8.52. The molecule has 0 unspecified atom stereocenters. The van der Waals surface area contributed by atoms with Crippen molar-refractivity contribution in [1.29, 1.82) is 0 Å². The van der Waals surface area contributed by atoms with E-state index in [0.29, 0.717) is 16.9 Å². The molecule has 3 aromatic rings. The van der Waals surface area contributed by atoms with E-state index >= 15 is 0 Å². The topological polar surface area (TPSA) is 30.2 Å². The normalized spacial score (nSPS) is 11.2. The van der Waals surface area contributed by atoms with Gasteiger partial charge in [0.25, 0.3) is 0 Å². The number of hydrogen-bond donors (Lipinski definition) is 0. The number of carbonyl (C=O) groups excluding carboxylic acids is 1. The monoisotopic (exact) mass is 412 g/mol. The zero-order valence-corrected chi connectivity index (χ0v) is 14.6. The van der Waals surface area contributed by atoms with Crippen molar-refractivity contribution in [1.82, 2.24) is 0 Å². The van der Waals surface area contributed by atoms with Crippen LogP contribution in [0.1, 0.15) is 27.9 Å². The Hall–Kier alpha value is -0.910. The molecule has 0 radical (unpaired) electrons. The summed E-state index contributed by atoms with van der Waals surface area (Å²) < 4.78 is 7.61. The number of rotatable bonds is 3. The Morgan fingerprint density at radius 3 is 2.70 bits per heavy atom. The van der Waals surface area contributed by atoms with Crippen LogP contribution < -0.4 is 0 Å². The third-order valence-corrected chi connectivity index (χ3v) is 6.34. The van der Waals surface area contributed by atoms with Crippen molar-refractivity contribution < 1.29 is 9.21 Å². The van der Waals surface area contributed by atoms with Crippen LogP contribution in [0.15, 0.2) is 43.0 Å². The lowest BCUT2D eigenvalue weighted by molar-refractivity contribution is 0.104. The molecule has 0 N–H and O–H groups in total. The second-order valence-electron chi connectivity index (χ2n) is 4.31. The molecule has 0 spiro atoms. The summed E-state index contributed by atoms with van der Waals surface area (Å²) >= 11 is 8.28. The molecule has 0 aliphatic heterocycles. The van der Waals surface area contributed by atoms with E-state index in [0.717, 1.165) is 25.0 Å². The summed E-state index contributed by atoms with van der Waals surface area (Å²) in [6, 6.07) is 9.51. The minimum atomic E-state index is 0.0169. The van der Waals surface area contributed by atoms with Gasteiger partial charge in [-0.3, -0.25) is 4.79 Å². The molecular weight excluding hydrogens is 404 g/mol. The van der Waals surface area contributed by atoms with Crippen LogP contribution in [0, 0.1) is 0 Å². The number of thiophene rings is 1. The third-order valence-electron chi connectivity index (χ3n) is 3.09. The second-order valence-corrected chi connectivity index (χ2v) is 7.54. The first-order valence-electron chi connectivity index (χ1n) is 6.11. The summed E-state index contributed by atoms with van der Waals surface area (Å²) in [6.45, 7) is 1.99. The van der Waals surface area contributed by atoms with Gasteiger partial charge in [-0.1, -0.05) is 25.1 Å². The predicted octanol–water partition coefficient (Wildman–Crippen LogP) is 5.81. The van der Waals surface area contributed by atoms with Crippen LogP contribution in [-0.4, -0.2) is 5.78 Å². The largest absolute Gasteiger partial charge is 0.460 e. The molecule has 102 valence electrons. The molecule has 0 saturated heterocycles. The highest BCUT2D eigenvalue weighted by Gasteiger charge is 2.22. The number of furan rings is 1. The first kappa shape index (κ1) is 14.0. The van der Waals surface area contributed by atoms with E-state index < -0.39 is 0 Å². The van der Waals surface area contributed by atoms with Crippen molar-refractivity contribution in [2.45, 2.75) is 13.3 Å². The highest BCUT2D eigenvalue weighted by atomic mass is 79.9. The second kappa shape index (κ2) is 5.47. The molecule has 1 aromatic carbocycles. The van der Waals surface area contributed by atoms with Crippen LogP contribution in [-0.2, 0) is 6.42 Å². The van der Waals surface area contributed by atoms with E-state index in [9.17, 15) is 4.79 Å². The zero-order chi connectivity index (χ0) is 14.3. The van der Waals surface area contributed by atoms with Gasteiger partial charge in [0.15, 0.2) is 0 Å². The van der Waals surface area contributed by atoms with E-state index in [-0.39, 0.29) is 5.78 Å². The van der Waals surface area contributed by atoms with Gasteiger partial charge in [0.1, 0.15) is 11.3 Å². The quantitative estimate of drug-likeness (QED) is 0.507. The van der Waals surface area contributed by atoms with Crippen LogP contribution >= 0.6 is 43.2 Å². The van der Waals surface area contributed by atoms with Crippen molar-refractivity contribution >= 4 is 59.9 Å². The number of aryl methyl sites for hydroxylation is 1. The SMILES string of the molecule is CCc1oc2ccccc2c1C(=O)c1cc(Br)c(Br)s1. The number of hydrogen-bond acceptors (Lipinski definition) is 3. The maximum Gasteiger partial charge on any atom is 0.207 e. The molecule has 0 aliphatic carbocycles. The summed E-state index contributed by atoms with van der Waals surface area (Å²) in [6.07, 6.45) is 0.698. The maximum absolute atomic E-state index is 12.8. The number of carbonyl (C=O) groups is 1. The predicted molar refractivity (Wildman–Crippen MR) is 88.7 cm³/mol. The summed E-state index contributed by atoms with van der Waals surface area (Å²) in [4.78, 5) is 13.5. The van der Waals surface area contributed by atoms with E-state index in [1.165, 1.54) is 11.3 Å². The number of fused-ring (bicyclic) bond motifs is 1. The average molecular weight is 414 g/mol. The van der Waals surface area contributed by atoms with E-state index in [1.807, 2.05) is 37.3 Å². The fourth-order valence-corrected chi connectivity index (χ4v) is 4.16. The molecule has 0 bridgehead atoms. The summed E-state index contributed by atoms with van der Waals surface area (Å²) in [5, 5.41) is 0.884. The highest BCUT2D eigenvalue weighted by Crippen LogP contribution is 2.36. The van der Waals surface area contributed by atoms with Gasteiger partial charge in [-0.25, -0.2) is 0 Å². The molecule has 0 aliphatic rings. The molecule has 0 fully saturated rings. The molecule has 2 nitrogen and oxygen atoms in total. The van der Waals surface area contributed by atoms with Crippen molar-refractivity contribution in [2.75, 3.05) is 0 Å². The molecular formula is C15H10Br2O2S. The summed E-state index contributed by atoms with van der Waals surface area (Å²) in [7, 11) is 0. The van der Waals surface area contributed by atoms with Gasteiger partial charge in [0.05, 0.1) is 14.2 Å². The van der Waals surface area contributed by atoms with Crippen molar-refractivity contribution in [3.63, 3.8) is 0 Å². The summed E-state index contributed by atoms with van der Waals surface area (Å²) in [5.41, 5.74) is 1.45. The molecule has 0 saturated carbocycles. The van der Waals surface area contributed by atoms with Gasteiger partial charge in [-0.15, -0.1) is 11.3 Å². The van der Waals surface area contributed by atoms with Crippen molar-refractivity contribution in [3.8, 4) is 0 Å². The Morgan fingerprint density at radius 1 is 1.30 bits per heavy atom. The lowest BCUT2D eigenvalue weighted by Gasteiger charge is -1.98.